The molecule has 1 aromatic carbocycles. The Morgan fingerprint density at radius 1 is 0.962 bits per heavy atom. The van der Waals surface area contributed by atoms with Crippen LogP contribution in [-0.4, -0.2) is 41.3 Å². The molecule has 0 atom stereocenters. The number of hydrogen-bond donors (Lipinski definition) is 0. The van der Waals surface area contributed by atoms with E-state index < -0.39 is 11.7 Å². The molecule has 0 unspecified atom stereocenters. The molecule has 0 spiro atoms. The molecule has 1 aromatic heterocycles. The van der Waals surface area contributed by atoms with Crippen LogP contribution in [0.25, 0.3) is 0 Å². The van der Waals surface area contributed by atoms with Gasteiger partial charge in [-0.1, -0.05) is 12.1 Å². The molecule has 0 bridgehead atoms. The Kier molecular flexibility index (Phi) is 5.46. The Bertz CT molecular complexity index is 743. The molecule has 1 fully saturated rings. The maximum absolute atomic E-state index is 12.7. The zero-order valence-corrected chi connectivity index (χ0v) is 15.1. The predicted octanol–water partition coefficient (Wildman–Crippen LogP) is 3.82. The van der Waals surface area contributed by atoms with Gasteiger partial charge in [-0.3, -0.25) is 4.90 Å². The fraction of sp³-hybridized carbons (Fsp3) is 0.474. The van der Waals surface area contributed by atoms with Crippen LogP contribution < -0.4 is 4.90 Å². The number of rotatable bonds is 3. The maximum Gasteiger partial charge on any atom is 0.416 e. The molecule has 4 nitrogen and oxygen atoms in total. The normalized spacial score (nSPS) is 16.6. The molecule has 1 aliphatic heterocycles. The largest absolute Gasteiger partial charge is 0.416 e. The number of nitrogens with zero attached hydrogens (tertiary/aromatic N) is 4. The van der Waals surface area contributed by atoms with Gasteiger partial charge in [0.05, 0.1) is 11.3 Å². The molecule has 140 valence electrons. The second-order valence-corrected chi connectivity index (χ2v) is 6.78. The van der Waals surface area contributed by atoms with Gasteiger partial charge in [0, 0.05) is 32.7 Å². The number of aryl methyl sites for hydroxylation is 2. The van der Waals surface area contributed by atoms with Crippen molar-refractivity contribution in [3.63, 3.8) is 0 Å². The van der Waals surface area contributed by atoms with Crippen LogP contribution in [0.4, 0.5) is 19.0 Å². The maximum atomic E-state index is 12.7. The number of benzene rings is 1. The SMILES string of the molecule is Cc1cc(N2CCCN(Cc3ccc(C(F)(F)F)cc3)CC2)nnc1C. The lowest BCUT2D eigenvalue weighted by Crippen LogP contribution is -2.31. The molecule has 2 heterocycles. The molecule has 1 saturated heterocycles. The van der Waals surface area contributed by atoms with E-state index in [-0.39, 0.29) is 0 Å². The first-order chi connectivity index (χ1) is 12.3. The molecule has 26 heavy (non-hydrogen) atoms. The first kappa shape index (κ1) is 18.6. The Labute approximate surface area is 151 Å². The Morgan fingerprint density at radius 2 is 1.69 bits per heavy atom. The van der Waals surface area contributed by atoms with Gasteiger partial charge in [-0.2, -0.15) is 18.3 Å². The summed E-state index contributed by atoms with van der Waals surface area (Å²) < 4.78 is 38.0. The standard InChI is InChI=1S/C19H23F3N4/c1-14-12-18(24-23-15(14)2)26-9-3-8-25(10-11-26)13-16-4-6-17(7-5-16)19(20,21)22/h4-7,12H,3,8-11,13H2,1-2H3. The zero-order chi connectivity index (χ0) is 18.7. The van der Waals surface area contributed by atoms with E-state index in [2.05, 4.69) is 26.1 Å². The first-order valence-corrected chi connectivity index (χ1v) is 8.77. The lowest BCUT2D eigenvalue weighted by molar-refractivity contribution is -0.137. The third kappa shape index (κ3) is 4.52. The van der Waals surface area contributed by atoms with E-state index in [9.17, 15) is 13.2 Å². The summed E-state index contributed by atoms with van der Waals surface area (Å²) in [4.78, 5) is 4.50. The van der Waals surface area contributed by atoms with Gasteiger partial charge in [0.2, 0.25) is 0 Å². The summed E-state index contributed by atoms with van der Waals surface area (Å²) in [6, 6.07) is 7.52. The summed E-state index contributed by atoms with van der Waals surface area (Å²) in [7, 11) is 0. The van der Waals surface area contributed by atoms with Crippen molar-refractivity contribution in [3.05, 3.63) is 52.7 Å². The highest BCUT2D eigenvalue weighted by molar-refractivity contribution is 5.41. The number of hydrogen-bond acceptors (Lipinski definition) is 4. The van der Waals surface area contributed by atoms with Gasteiger partial charge in [-0.05, 0) is 49.6 Å². The van der Waals surface area contributed by atoms with Crippen LogP contribution in [0.2, 0.25) is 0 Å². The van der Waals surface area contributed by atoms with Gasteiger partial charge in [0.25, 0.3) is 0 Å². The molecule has 0 aliphatic carbocycles. The van der Waals surface area contributed by atoms with Gasteiger partial charge < -0.3 is 4.90 Å². The van der Waals surface area contributed by atoms with E-state index in [1.54, 1.807) is 12.1 Å². The second-order valence-electron chi connectivity index (χ2n) is 6.78. The van der Waals surface area contributed by atoms with Crippen LogP contribution in [0, 0.1) is 13.8 Å². The first-order valence-electron chi connectivity index (χ1n) is 8.77. The van der Waals surface area contributed by atoms with Gasteiger partial charge >= 0.3 is 6.18 Å². The van der Waals surface area contributed by atoms with Gasteiger partial charge in [-0.15, -0.1) is 5.10 Å². The Hall–Kier alpha value is -2.15. The van der Waals surface area contributed by atoms with Gasteiger partial charge in [0.1, 0.15) is 0 Å². The second kappa shape index (κ2) is 7.61. The fourth-order valence-electron chi connectivity index (χ4n) is 3.10. The van der Waals surface area contributed by atoms with Crippen LogP contribution in [0.15, 0.2) is 30.3 Å². The van der Waals surface area contributed by atoms with Crippen molar-refractivity contribution in [1.29, 1.82) is 0 Å². The van der Waals surface area contributed by atoms with E-state index in [1.807, 2.05) is 13.8 Å². The topological polar surface area (TPSA) is 32.3 Å². The minimum atomic E-state index is -4.28. The number of alkyl halides is 3. The predicted molar refractivity (Wildman–Crippen MR) is 95.1 cm³/mol. The van der Waals surface area contributed by atoms with Gasteiger partial charge in [0.15, 0.2) is 5.82 Å². The van der Waals surface area contributed by atoms with E-state index in [0.717, 1.165) is 67.4 Å². The molecule has 0 amide bonds. The summed E-state index contributed by atoms with van der Waals surface area (Å²) in [5.41, 5.74) is 2.36. The smallest absolute Gasteiger partial charge is 0.354 e. The van der Waals surface area contributed by atoms with Crippen LogP contribution in [0.3, 0.4) is 0 Å². The molecule has 0 N–H and O–H groups in total. The van der Waals surface area contributed by atoms with E-state index in [0.29, 0.717) is 6.54 Å². The highest BCUT2D eigenvalue weighted by Gasteiger charge is 2.30. The van der Waals surface area contributed by atoms with Crippen LogP contribution >= 0.6 is 0 Å². The zero-order valence-electron chi connectivity index (χ0n) is 15.1. The van der Waals surface area contributed by atoms with Crippen molar-refractivity contribution >= 4 is 5.82 Å². The fourth-order valence-corrected chi connectivity index (χ4v) is 3.10. The van der Waals surface area contributed by atoms with Crippen molar-refractivity contribution < 1.29 is 13.2 Å². The molecular formula is C19H23F3N4. The van der Waals surface area contributed by atoms with Crippen molar-refractivity contribution in [2.75, 3.05) is 31.1 Å². The minimum Gasteiger partial charge on any atom is -0.354 e. The van der Waals surface area contributed by atoms with Crippen molar-refractivity contribution in [1.82, 2.24) is 15.1 Å². The minimum absolute atomic E-state index is 0.600. The molecule has 7 heteroatoms. The summed E-state index contributed by atoms with van der Waals surface area (Å²) in [5.74, 6) is 0.893. The van der Waals surface area contributed by atoms with Gasteiger partial charge in [-0.25, -0.2) is 0 Å². The molecule has 0 radical (unpaired) electrons. The highest BCUT2D eigenvalue weighted by atomic mass is 19.4. The van der Waals surface area contributed by atoms with E-state index in [4.69, 9.17) is 0 Å². The lowest BCUT2D eigenvalue weighted by Gasteiger charge is -2.23. The lowest BCUT2D eigenvalue weighted by atomic mass is 10.1. The average Bonchev–Trinajstić information content (AvgIpc) is 2.83. The molecular weight excluding hydrogens is 341 g/mol. The third-order valence-electron chi connectivity index (χ3n) is 4.82. The van der Waals surface area contributed by atoms with E-state index >= 15 is 0 Å². The van der Waals surface area contributed by atoms with Crippen LogP contribution in [-0.2, 0) is 12.7 Å². The molecule has 2 aromatic rings. The molecule has 1 aliphatic rings. The Balaban J connectivity index is 1.61. The van der Waals surface area contributed by atoms with Crippen molar-refractivity contribution in [2.45, 2.75) is 33.0 Å². The highest BCUT2D eigenvalue weighted by Crippen LogP contribution is 2.29. The Morgan fingerprint density at radius 3 is 2.35 bits per heavy atom. The molecule has 0 saturated carbocycles. The van der Waals surface area contributed by atoms with E-state index in [1.165, 1.54) is 0 Å². The number of anilines is 1. The summed E-state index contributed by atoms with van der Waals surface area (Å²) >= 11 is 0. The summed E-state index contributed by atoms with van der Waals surface area (Å²) in [5, 5.41) is 8.50. The molecule has 3 rings (SSSR count). The van der Waals surface area contributed by atoms with Crippen molar-refractivity contribution in [3.8, 4) is 0 Å². The van der Waals surface area contributed by atoms with Crippen LogP contribution in [0.5, 0.6) is 0 Å². The summed E-state index contributed by atoms with van der Waals surface area (Å²) in [6.45, 7) is 8.12. The summed E-state index contributed by atoms with van der Waals surface area (Å²) in [6.07, 6.45) is -3.30. The monoisotopic (exact) mass is 364 g/mol. The van der Waals surface area contributed by atoms with Crippen molar-refractivity contribution in [2.24, 2.45) is 0 Å². The number of aromatic nitrogens is 2. The number of halogens is 3. The van der Waals surface area contributed by atoms with Crippen LogP contribution in [0.1, 0.15) is 28.8 Å². The average molecular weight is 364 g/mol. The third-order valence-corrected chi connectivity index (χ3v) is 4.82. The quantitative estimate of drug-likeness (QED) is 0.829.